The zero-order valence-corrected chi connectivity index (χ0v) is 18.8. The summed E-state index contributed by atoms with van der Waals surface area (Å²) in [5.74, 6) is 1.25. The molecule has 6 nitrogen and oxygen atoms in total. The molecule has 1 N–H and O–H groups in total. The van der Waals surface area contributed by atoms with Crippen LogP contribution in [0.1, 0.15) is 36.0 Å². The molecule has 8 heteroatoms. The van der Waals surface area contributed by atoms with Crippen molar-refractivity contribution in [3.8, 4) is 5.75 Å². The van der Waals surface area contributed by atoms with Crippen molar-refractivity contribution in [1.82, 2.24) is 9.55 Å². The molecule has 1 atom stereocenters. The van der Waals surface area contributed by atoms with Gasteiger partial charge in [0, 0.05) is 30.2 Å². The number of fused-ring (bicyclic) bond motifs is 1. The van der Waals surface area contributed by atoms with E-state index >= 15 is 0 Å². The van der Waals surface area contributed by atoms with E-state index in [2.05, 4.69) is 10.3 Å². The van der Waals surface area contributed by atoms with Gasteiger partial charge in [0.2, 0.25) is 5.91 Å². The van der Waals surface area contributed by atoms with Crippen molar-refractivity contribution in [2.24, 2.45) is 7.05 Å². The fourth-order valence-electron chi connectivity index (χ4n) is 3.69. The van der Waals surface area contributed by atoms with Gasteiger partial charge in [-0.1, -0.05) is 53.7 Å². The third-order valence-corrected chi connectivity index (χ3v) is 6.63. The van der Waals surface area contributed by atoms with Crippen molar-refractivity contribution < 1.29 is 9.53 Å². The summed E-state index contributed by atoms with van der Waals surface area (Å²) in [4.78, 5) is 29.9. The number of aromatic nitrogens is 2. The van der Waals surface area contributed by atoms with Gasteiger partial charge >= 0.3 is 0 Å². The number of anilines is 1. The predicted octanol–water partition coefficient (Wildman–Crippen LogP) is 4.60. The number of benzene rings is 2. The Hall–Kier alpha value is -2.77. The smallest absolute Gasteiger partial charge is 0.279 e. The number of hydrogen-bond acceptors (Lipinski definition) is 5. The van der Waals surface area contributed by atoms with Crippen molar-refractivity contribution in [3.63, 3.8) is 0 Å². The van der Waals surface area contributed by atoms with Crippen molar-refractivity contribution in [3.05, 3.63) is 80.6 Å². The second-order valence-electron chi connectivity index (χ2n) is 7.21. The summed E-state index contributed by atoms with van der Waals surface area (Å²) in [7, 11) is 1.81. The third-order valence-electron chi connectivity index (χ3n) is 5.19. The van der Waals surface area contributed by atoms with Crippen LogP contribution in [0.5, 0.6) is 5.75 Å². The number of rotatable bonds is 6. The fourth-order valence-corrected chi connectivity index (χ4v) is 4.95. The third kappa shape index (κ3) is 4.48. The van der Waals surface area contributed by atoms with E-state index in [9.17, 15) is 9.59 Å². The summed E-state index contributed by atoms with van der Waals surface area (Å²) in [5, 5.41) is 4.06. The number of ether oxygens (including phenoxy) is 1. The van der Waals surface area contributed by atoms with Crippen LogP contribution in [0, 0.1) is 0 Å². The Kier molecular flexibility index (Phi) is 6.34. The van der Waals surface area contributed by atoms with Gasteiger partial charge in [-0.3, -0.25) is 9.59 Å². The second kappa shape index (κ2) is 9.16. The molecule has 31 heavy (non-hydrogen) atoms. The molecule has 0 unspecified atom stereocenters. The van der Waals surface area contributed by atoms with Gasteiger partial charge < -0.3 is 14.6 Å². The first-order chi connectivity index (χ1) is 15.0. The van der Waals surface area contributed by atoms with E-state index in [1.54, 1.807) is 11.6 Å². The van der Waals surface area contributed by atoms with Crippen LogP contribution in [0.4, 0.5) is 5.82 Å². The minimum Gasteiger partial charge on any atom is -0.494 e. The summed E-state index contributed by atoms with van der Waals surface area (Å²) in [6.45, 7) is 2.46. The molecule has 2 heterocycles. The van der Waals surface area contributed by atoms with Crippen LogP contribution in [0.3, 0.4) is 0 Å². The molecule has 160 valence electrons. The zero-order valence-electron chi connectivity index (χ0n) is 17.2. The van der Waals surface area contributed by atoms with Gasteiger partial charge in [0.15, 0.2) is 5.16 Å². The van der Waals surface area contributed by atoms with Gasteiger partial charge in [-0.25, -0.2) is 0 Å². The molecular weight excluding hydrogens is 434 g/mol. The molecule has 1 aromatic heterocycles. The Morgan fingerprint density at radius 1 is 1.23 bits per heavy atom. The van der Waals surface area contributed by atoms with E-state index in [1.807, 2.05) is 55.5 Å². The molecule has 0 spiro atoms. The lowest BCUT2D eigenvalue weighted by Crippen LogP contribution is -2.33. The summed E-state index contributed by atoms with van der Waals surface area (Å²) in [6, 6.07) is 15.1. The SMILES string of the molecule is CCOc1cccc([C@H]2CC(=O)Nc3c2c(=O)nc(SCc2ccccc2Cl)n3C)c1. The summed E-state index contributed by atoms with van der Waals surface area (Å²) in [5.41, 5.74) is 1.98. The average Bonchev–Trinajstić information content (AvgIpc) is 2.76. The lowest BCUT2D eigenvalue weighted by molar-refractivity contribution is -0.116. The molecule has 0 fully saturated rings. The molecule has 3 aromatic rings. The average molecular weight is 456 g/mol. The number of carbonyl (C=O) groups is 1. The van der Waals surface area contributed by atoms with Crippen LogP contribution in [-0.2, 0) is 17.6 Å². The van der Waals surface area contributed by atoms with Crippen molar-refractivity contribution in [1.29, 1.82) is 0 Å². The maximum absolute atomic E-state index is 13.1. The highest BCUT2D eigenvalue weighted by Gasteiger charge is 2.32. The van der Waals surface area contributed by atoms with E-state index in [1.165, 1.54) is 11.8 Å². The highest BCUT2D eigenvalue weighted by atomic mass is 35.5. The van der Waals surface area contributed by atoms with Crippen LogP contribution in [0.2, 0.25) is 5.02 Å². The molecule has 1 aliphatic rings. The molecule has 2 aromatic carbocycles. The van der Waals surface area contributed by atoms with Crippen molar-refractivity contribution >= 4 is 35.1 Å². The summed E-state index contributed by atoms with van der Waals surface area (Å²) < 4.78 is 7.37. The predicted molar refractivity (Wildman–Crippen MR) is 123 cm³/mol. The number of halogens is 1. The largest absolute Gasteiger partial charge is 0.494 e. The molecule has 0 radical (unpaired) electrons. The van der Waals surface area contributed by atoms with Gasteiger partial charge in [-0.05, 0) is 36.2 Å². The van der Waals surface area contributed by atoms with Crippen LogP contribution < -0.4 is 15.6 Å². The van der Waals surface area contributed by atoms with Gasteiger partial charge in [0.25, 0.3) is 5.56 Å². The first-order valence-corrected chi connectivity index (χ1v) is 11.3. The fraction of sp³-hybridized carbons (Fsp3) is 0.261. The highest BCUT2D eigenvalue weighted by Crippen LogP contribution is 2.37. The number of nitrogens with zero attached hydrogens (tertiary/aromatic N) is 2. The molecule has 0 saturated heterocycles. The lowest BCUT2D eigenvalue weighted by atomic mass is 9.86. The number of hydrogen-bond donors (Lipinski definition) is 1. The number of nitrogens with one attached hydrogen (secondary N) is 1. The van der Waals surface area contributed by atoms with Crippen LogP contribution >= 0.6 is 23.4 Å². The summed E-state index contributed by atoms with van der Waals surface area (Å²) in [6.07, 6.45) is 0.186. The molecule has 1 aliphatic heterocycles. The lowest BCUT2D eigenvalue weighted by Gasteiger charge is -2.27. The molecule has 0 bridgehead atoms. The van der Waals surface area contributed by atoms with E-state index in [0.29, 0.717) is 39.7 Å². The second-order valence-corrected chi connectivity index (χ2v) is 8.56. The van der Waals surface area contributed by atoms with E-state index < -0.39 is 0 Å². The van der Waals surface area contributed by atoms with Crippen LogP contribution in [-0.4, -0.2) is 22.1 Å². The Balaban J connectivity index is 1.71. The van der Waals surface area contributed by atoms with E-state index in [0.717, 1.165) is 11.1 Å². The Bertz CT molecular complexity index is 1190. The quantitative estimate of drug-likeness (QED) is 0.434. The normalized spacial score (nSPS) is 15.3. The molecule has 4 rings (SSSR count). The number of carbonyl (C=O) groups excluding carboxylic acids is 1. The van der Waals surface area contributed by atoms with Gasteiger partial charge in [-0.2, -0.15) is 4.98 Å². The van der Waals surface area contributed by atoms with Gasteiger partial charge in [-0.15, -0.1) is 0 Å². The zero-order chi connectivity index (χ0) is 22.0. The van der Waals surface area contributed by atoms with Crippen molar-refractivity contribution in [2.75, 3.05) is 11.9 Å². The van der Waals surface area contributed by atoms with Gasteiger partial charge in [0.05, 0.1) is 12.2 Å². The Labute approximate surface area is 189 Å². The van der Waals surface area contributed by atoms with Crippen LogP contribution in [0.15, 0.2) is 58.5 Å². The Morgan fingerprint density at radius 2 is 2.03 bits per heavy atom. The maximum Gasteiger partial charge on any atom is 0.279 e. The number of amides is 1. The van der Waals surface area contributed by atoms with Gasteiger partial charge in [0.1, 0.15) is 11.6 Å². The number of thioether (sulfide) groups is 1. The standard InChI is InChI=1S/C23H22ClN3O3S/c1-3-30-16-9-6-8-14(11-16)17-12-19(28)25-21-20(17)22(29)26-23(27(21)2)31-13-15-7-4-5-10-18(15)24/h4-11,17H,3,12-13H2,1-2H3,(H,25,28)/t17-/m1/s1. The summed E-state index contributed by atoms with van der Waals surface area (Å²) >= 11 is 7.65. The van der Waals surface area contributed by atoms with Crippen molar-refractivity contribution in [2.45, 2.75) is 30.2 Å². The van der Waals surface area contributed by atoms with E-state index in [-0.39, 0.29) is 23.8 Å². The first kappa shape index (κ1) is 21.5. The Morgan fingerprint density at radius 3 is 2.81 bits per heavy atom. The van der Waals surface area contributed by atoms with E-state index in [4.69, 9.17) is 16.3 Å². The molecule has 0 saturated carbocycles. The molecule has 0 aliphatic carbocycles. The molecular formula is C23H22ClN3O3S. The topological polar surface area (TPSA) is 73.2 Å². The monoisotopic (exact) mass is 455 g/mol. The minimum absolute atomic E-state index is 0.137. The minimum atomic E-state index is -0.377. The molecule has 1 amide bonds. The maximum atomic E-state index is 13.1. The first-order valence-electron chi connectivity index (χ1n) is 9.97. The highest BCUT2D eigenvalue weighted by molar-refractivity contribution is 7.98. The van der Waals surface area contributed by atoms with Crippen LogP contribution in [0.25, 0.3) is 0 Å².